The number of Topliss-reactive ketones (excluding diaryl/α,β-unsaturated/α-hetero) is 1. The van der Waals surface area contributed by atoms with Gasteiger partial charge in [-0.05, 0) is 17.1 Å². The van der Waals surface area contributed by atoms with Gasteiger partial charge in [-0.2, -0.15) is 11.8 Å². The largest absolute Gasteiger partial charge is 0.507 e. The first-order valence-electron chi connectivity index (χ1n) is 7.26. The molecule has 2 rings (SSSR count). The van der Waals surface area contributed by atoms with Crippen molar-refractivity contribution in [3.05, 3.63) is 11.3 Å². The van der Waals surface area contributed by atoms with Crippen molar-refractivity contribution in [2.45, 2.75) is 52.4 Å². The highest BCUT2D eigenvalue weighted by molar-refractivity contribution is 7.99. The molecule has 0 aromatic heterocycles. The standard InChI is InChI=1S/C16H24O4S/c1-8(21-6)7-9-11(17)10(14(19)20-9)12(18)13-15(2,3)16(13,4)5/h8-9,13,17H,7H2,1-6H3. The maximum absolute atomic E-state index is 12.6. The minimum atomic E-state index is -0.677. The van der Waals surface area contributed by atoms with Crippen LogP contribution in [-0.2, 0) is 14.3 Å². The molecule has 0 spiro atoms. The van der Waals surface area contributed by atoms with Gasteiger partial charge in [-0.3, -0.25) is 4.79 Å². The number of carbonyl (C=O) groups is 2. The summed E-state index contributed by atoms with van der Waals surface area (Å²) in [5.41, 5.74) is -0.457. The van der Waals surface area contributed by atoms with E-state index in [9.17, 15) is 14.7 Å². The van der Waals surface area contributed by atoms with Gasteiger partial charge in [-0.15, -0.1) is 0 Å². The summed E-state index contributed by atoms with van der Waals surface area (Å²) in [7, 11) is 0. The number of ketones is 1. The smallest absolute Gasteiger partial charge is 0.346 e. The van der Waals surface area contributed by atoms with Crippen LogP contribution in [0.25, 0.3) is 0 Å². The number of ether oxygens (including phenoxy) is 1. The Morgan fingerprint density at radius 1 is 1.33 bits per heavy atom. The third-order valence-corrected chi connectivity index (χ3v) is 6.49. The first-order chi connectivity index (χ1) is 9.55. The van der Waals surface area contributed by atoms with Crippen LogP contribution in [0, 0.1) is 16.7 Å². The average molecular weight is 312 g/mol. The minimum Gasteiger partial charge on any atom is -0.507 e. The number of cyclic esters (lactones) is 1. The summed E-state index contributed by atoms with van der Waals surface area (Å²) < 4.78 is 5.20. The van der Waals surface area contributed by atoms with E-state index in [1.807, 2.05) is 40.9 Å². The Morgan fingerprint density at radius 2 is 1.86 bits per heavy atom. The molecule has 2 atom stereocenters. The van der Waals surface area contributed by atoms with Crippen molar-refractivity contribution in [2.24, 2.45) is 16.7 Å². The average Bonchev–Trinajstić information content (AvgIpc) is 2.60. The summed E-state index contributed by atoms with van der Waals surface area (Å²) >= 11 is 1.63. The van der Waals surface area contributed by atoms with Gasteiger partial charge >= 0.3 is 5.97 Å². The van der Waals surface area contributed by atoms with E-state index in [0.29, 0.717) is 6.42 Å². The number of esters is 1. The fourth-order valence-electron chi connectivity index (χ4n) is 3.29. The molecule has 2 aliphatic rings. The zero-order valence-corrected chi connectivity index (χ0v) is 14.3. The van der Waals surface area contributed by atoms with Gasteiger partial charge in [0.25, 0.3) is 0 Å². The fraction of sp³-hybridized carbons (Fsp3) is 0.750. The van der Waals surface area contributed by atoms with Gasteiger partial charge in [-0.1, -0.05) is 34.6 Å². The van der Waals surface area contributed by atoms with E-state index < -0.39 is 12.1 Å². The third-order valence-electron chi connectivity index (χ3n) is 5.49. The van der Waals surface area contributed by atoms with Gasteiger partial charge < -0.3 is 9.84 Å². The summed E-state index contributed by atoms with van der Waals surface area (Å²) in [6.45, 7) is 10.1. The lowest BCUT2D eigenvalue weighted by atomic mass is 9.99. The molecule has 118 valence electrons. The van der Waals surface area contributed by atoms with Crippen LogP contribution in [0.15, 0.2) is 11.3 Å². The molecule has 21 heavy (non-hydrogen) atoms. The number of hydrogen-bond acceptors (Lipinski definition) is 5. The van der Waals surface area contributed by atoms with E-state index in [1.54, 1.807) is 11.8 Å². The molecule has 1 fully saturated rings. The summed E-state index contributed by atoms with van der Waals surface area (Å²) in [6, 6.07) is 0. The summed E-state index contributed by atoms with van der Waals surface area (Å²) in [6.07, 6.45) is 1.81. The Labute approximate surface area is 130 Å². The number of carbonyl (C=O) groups excluding carboxylic acids is 2. The monoisotopic (exact) mass is 312 g/mol. The van der Waals surface area contributed by atoms with Crippen molar-refractivity contribution >= 4 is 23.5 Å². The van der Waals surface area contributed by atoms with Crippen molar-refractivity contribution in [1.29, 1.82) is 0 Å². The predicted molar refractivity (Wildman–Crippen MR) is 83.2 cm³/mol. The fourth-order valence-corrected chi connectivity index (χ4v) is 3.66. The summed E-state index contributed by atoms with van der Waals surface area (Å²) in [4.78, 5) is 24.6. The number of rotatable bonds is 5. The van der Waals surface area contributed by atoms with Crippen LogP contribution in [0.3, 0.4) is 0 Å². The second-order valence-electron chi connectivity index (χ2n) is 7.18. The Balaban J connectivity index is 2.23. The van der Waals surface area contributed by atoms with Crippen LogP contribution >= 0.6 is 11.8 Å². The lowest BCUT2D eigenvalue weighted by Gasteiger charge is -2.13. The topological polar surface area (TPSA) is 63.6 Å². The van der Waals surface area contributed by atoms with Crippen LogP contribution in [-0.4, -0.2) is 34.5 Å². The zero-order chi connectivity index (χ0) is 16.2. The number of aliphatic hydroxyl groups is 1. The molecule has 0 saturated heterocycles. The molecular weight excluding hydrogens is 288 g/mol. The zero-order valence-electron chi connectivity index (χ0n) is 13.5. The molecular formula is C16H24O4S. The number of thioether (sulfide) groups is 1. The van der Waals surface area contributed by atoms with Crippen molar-refractivity contribution in [3.8, 4) is 0 Å². The third kappa shape index (κ3) is 2.39. The molecule has 0 aromatic carbocycles. The second kappa shape index (κ2) is 5.04. The highest BCUT2D eigenvalue weighted by atomic mass is 32.2. The molecule has 5 heteroatoms. The molecule has 0 radical (unpaired) electrons. The normalized spacial score (nSPS) is 28.5. The Bertz CT molecular complexity index is 504. The molecule has 0 aromatic rings. The molecule has 1 heterocycles. The molecule has 1 saturated carbocycles. The molecule has 4 nitrogen and oxygen atoms in total. The Hall–Kier alpha value is -0.970. The van der Waals surface area contributed by atoms with E-state index in [1.165, 1.54) is 0 Å². The molecule has 0 amide bonds. The summed E-state index contributed by atoms with van der Waals surface area (Å²) in [5.74, 6) is -1.36. The van der Waals surface area contributed by atoms with Crippen LogP contribution < -0.4 is 0 Å². The van der Waals surface area contributed by atoms with E-state index in [0.717, 1.165) is 0 Å². The van der Waals surface area contributed by atoms with Gasteiger partial charge in [0.15, 0.2) is 17.6 Å². The van der Waals surface area contributed by atoms with Crippen molar-refractivity contribution in [1.82, 2.24) is 0 Å². The highest BCUT2D eigenvalue weighted by Crippen LogP contribution is 2.69. The van der Waals surface area contributed by atoms with Crippen LogP contribution in [0.1, 0.15) is 41.0 Å². The van der Waals surface area contributed by atoms with Crippen LogP contribution in [0.2, 0.25) is 0 Å². The van der Waals surface area contributed by atoms with E-state index >= 15 is 0 Å². The molecule has 1 aliphatic heterocycles. The lowest BCUT2D eigenvalue weighted by molar-refractivity contribution is -0.141. The SMILES string of the molecule is CSC(C)CC1OC(=O)C(C(=O)C2C(C)(C)C2(C)C)=C1O. The predicted octanol–water partition coefficient (Wildman–Crippen LogP) is 3.12. The van der Waals surface area contributed by atoms with Crippen LogP contribution in [0.4, 0.5) is 0 Å². The van der Waals surface area contributed by atoms with E-state index in [2.05, 4.69) is 0 Å². The molecule has 1 N–H and O–H groups in total. The quantitative estimate of drug-likeness (QED) is 0.624. The summed E-state index contributed by atoms with van der Waals surface area (Å²) in [5, 5.41) is 10.5. The van der Waals surface area contributed by atoms with Crippen molar-refractivity contribution < 1.29 is 19.4 Å². The van der Waals surface area contributed by atoms with Crippen LogP contribution in [0.5, 0.6) is 0 Å². The Morgan fingerprint density at radius 3 is 2.29 bits per heavy atom. The minimum absolute atomic E-state index is 0.128. The maximum atomic E-state index is 12.6. The first kappa shape index (κ1) is 16.4. The van der Waals surface area contributed by atoms with Crippen molar-refractivity contribution in [3.63, 3.8) is 0 Å². The van der Waals surface area contributed by atoms with Gasteiger partial charge in [0.2, 0.25) is 0 Å². The first-order valence-corrected chi connectivity index (χ1v) is 8.55. The second-order valence-corrected chi connectivity index (χ2v) is 8.45. The molecule has 1 aliphatic carbocycles. The van der Waals surface area contributed by atoms with Gasteiger partial charge in [0, 0.05) is 17.6 Å². The van der Waals surface area contributed by atoms with Crippen molar-refractivity contribution in [2.75, 3.05) is 6.26 Å². The number of hydrogen-bond donors (Lipinski definition) is 1. The molecule has 0 bridgehead atoms. The highest BCUT2D eigenvalue weighted by Gasteiger charge is 2.69. The van der Waals surface area contributed by atoms with E-state index in [-0.39, 0.29) is 39.1 Å². The van der Waals surface area contributed by atoms with E-state index in [4.69, 9.17) is 4.74 Å². The maximum Gasteiger partial charge on any atom is 0.346 e. The Kier molecular flexibility index (Phi) is 3.94. The van der Waals surface area contributed by atoms with Gasteiger partial charge in [0.05, 0.1) is 0 Å². The van der Waals surface area contributed by atoms with Gasteiger partial charge in [0.1, 0.15) is 5.57 Å². The lowest BCUT2D eigenvalue weighted by Crippen LogP contribution is -2.16. The number of aliphatic hydroxyl groups excluding tert-OH is 1. The van der Waals surface area contributed by atoms with Gasteiger partial charge in [-0.25, -0.2) is 4.79 Å². The molecule has 2 unspecified atom stereocenters.